The third kappa shape index (κ3) is 5.00. The van der Waals surface area contributed by atoms with E-state index in [9.17, 15) is 4.79 Å². The number of rotatable bonds is 4. The fourth-order valence-corrected chi connectivity index (χ4v) is 3.03. The highest BCUT2D eigenvalue weighted by Gasteiger charge is 2.22. The van der Waals surface area contributed by atoms with E-state index in [1.54, 1.807) is 12.4 Å². The largest absolute Gasteiger partial charge is 0.331 e. The van der Waals surface area contributed by atoms with Gasteiger partial charge in [-0.1, -0.05) is 32.9 Å². The average molecular weight is 363 g/mol. The number of pyridine rings is 1. The van der Waals surface area contributed by atoms with Gasteiger partial charge in [0.2, 0.25) is 0 Å². The third-order valence-corrected chi connectivity index (χ3v) is 4.21. The summed E-state index contributed by atoms with van der Waals surface area (Å²) < 4.78 is 0. The molecule has 0 aliphatic heterocycles. The van der Waals surface area contributed by atoms with Crippen molar-refractivity contribution in [3.8, 4) is 0 Å². The van der Waals surface area contributed by atoms with Crippen LogP contribution in [0.3, 0.4) is 0 Å². The summed E-state index contributed by atoms with van der Waals surface area (Å²) in [6.07, 6.45) is 4.33. The highest BCUT2D eigenvalue weighted by atomic mass is 16.2. The SMILES string of the molecule is Cc1cc2c(NC(=O)NC(CC(C)(C)C)c3cccnc3)cccc2nn1. The molecule has 2 aromatic heterocycles. The van der Waals surface area contributed by atoms with Crippen LogP contribution in [0, 0.1) is 12.3 Å². The number of fused-ring (bicyclic) bond motifs is 1. The lowest BCUT2D eigenvalue weighted by Gasteiger charge is -2.27. The number of amides is 2. The molecule has 1 unspecified atom stereocenters. The highest BCUT2D eigenvalue weighted by Crippen LogP contribution is 2.29. The molecule has 2 N–H and O–H groups in total. The molecule has 0 saturated heterocycles. The van der Waals surface area contributed by atoms with Gasteiger partial charge in [0.1, 0.15) is 0 Å². The van der Waals surface area contributed by atoms with E-state index in [1.807, 2.05) is 43.3 Å². The minimum Gasteiger partial charge on any atom is -0.331 e. The van der Waals surface area contributed by atoms with Gasteiger partial charge in [-0.15, -0.1) is 0 Å². The Morgan fingerprint density at radius 2 is 1.96 bits per heavy atom. The van der Waals surface area contributed by atoms with Crippen molar-refractivity contribution in [2.24, 2.45) is 5.41 Å². The Morgan fingerprint density at radius 1 is 1.15 bits per heavy atom. The van der Waals surface area contributed by atoms with Crippen LogP contribution >= 0.6 is 0 Å². The molecule has 6 heteroatoms. The quantitative estimate of drug-likeness (QED) is 0.708. The molecule has 0 bridgehead atoms. The summed E-state index contributed by atoms with van der Waals surface area (Å²) in [7, 11) is 0. The van der Waals surface area contributed by atoms with Gasteiger partial charge >= 0.3 is 6.03 Å². The molecule has 27 heavy (non-hydrogen) atoms. The molecular formula is C21H25N5O. The molecule has 0 fully saturated rings. The molecule has 0 aliphatic carbocycles. The van der Waals surface area contributed by atoms with Gasteiger partial charge in [0.25, 0.3) is 0 Å². The Labute approximate surface area is 159 Å². The number of nitrogens with zero attached hydrogens (tertiary/aromatic N) is 3. The summed E-state index contributed by atoms with van der Waals surface area (Å²) in [6, 6.07) is 11.0. The summed E-state index contributed by atoms with van der Waals surface area (Å²) in [5.41, 5.74) is 3.31. The van der Waals surface area contributed by atoms with E-state index in [4.69, 9.17) is 0 Å². The van der Waals surface area contributed by atoms with Crippen LogP contribution in [0.2, 0.25) is 0 Å². The van der Waals surface area contributed by atoms with Crippen molar-refractivity contribution >= 4 is 22.6 Å². The maximum absolute atomic E-state index is 12.7. The molecule has 3 rings (SSSR count). The summed E-state index contributed by atoms with van der Waals surface area (Å²) in [5.74, 6) is 0. The first kappa shape index (κ1) is 18.8. The number of urea groups is 1. The van der Waals surface area contributed by atoms with Crippen LogP contribution in [-0.4, -0.2) is 21.2 Å². The minimum absolute atomic E-state index is 0.0555. The minimum atomic E-state index is -0.255. The van der Waals surface area contributed by atoms with E-state index < -0.39 is 0 Å². The molecule has 0 saturated carbocycles. The standard InChI is InChI=1S/C21H25N5O/c1-14-11-16-17(8-5-9-18(16)26-25-14)23-20(27)24-19(12-21(2,3)4)15-7-6-10-22-13-15/h5-11,13,19H,12H2,1-4H3,(H2,23,24,27). The molecular weight excluding hydrogens is 338 g/mol. The van der Waals surface area contributed by atoms with Gasteiger partial charge in [-0.3, -0.25) is 4.98 Å². The van der Waals surface area contributed by atoms with Crippen LogP contribution in [0.25, 0.3) is 10.9 Å². The number of nitrogens with one attached hydrogen (secondary N) is 2. The van der Waals surface area contributed by atoms with Crippen molar-refractivity contribution in [2.45, 2.75) is 40.2 Å². The van der Waals surface area contributed by atoms with Crippen molar-refractivity contribution in [2.75, 3.05) is 5.32 Å². The number of carbonyl (C=O) groups excluding carboxylic acids is 1. The molecule has 0 spiro atoms. The predicted molar refractivity (Wildman–Crippen MR) is 107 cm³/mol. The second-order valence-electron chi connectivity index (χ2n) is 7.93. The zero-order valence-electron chi connectivity index (χ0n) is 16.2. The van der Waals surface area contributed by atoms with Crippen LogP contribution in [0.4, 0.5) is 10.5 Å². The molecule has 6 nitrogen and oxygen atoms in total. The number of benzene rings is 1. The van der Waals surface area contributed by atoms with E-state index in [1.165, 1.54) is 0 Å². The summed E-state index contributed by atoms with van der Waals surface area (Å²) in [4.78, 5) is 16.9. The Balaban J connectivity index is 1.81. The third-order valence-electron chi connectivity index (χ3n) is 4.21. The molecule has 0 radical (unpaired) electrons. The summed E-state index contributed by atoms with van der Waals surface area (Å²) in [5, 5.41) is 15.2. The Bertz CT molecular complexity index is 934. The number of anilines is 1. The van der Waals surface area contributed by atoms with Gasteiger partial charge in [-0.25, -0.2) is 4.79 Å². The second kappa shape index (κ2) is 7.70. The van der Waals surface area contributed by atoms with E-state index in [2.05, 4.69) is 46.6 Å². The topological polar surface area (TPSA) is 79.8 Å². The Kier molecular flexibility index (Phi) is 5.35. The van der Waals surface area contributed by atoms with Crippen LogP contribution in [0.5, 0.6) is 0 Å². The number of hydrogen-bond acceptors (Lipinski definition) is 4. The lowest BCUT2D eigenvalue weighted by atomic mass is 9.86. The van der Waals surface area contributed by atoms with Crippen molar-refractivity contribution in [3.63, 3.8) is 0 Å². The molecule has 0 aliphatic rings. The number of aryl methyl sites for hydroxylation is 1. The number of aromatic nitrogens is 3. The van der Waals surface area contributed by atoms with Crippen molar-refractivity contribution in [1.82, 2.24) is 20.5 Å². The van der Waals surface area contributed by atoms with Gasteiger partial charge in [-0.2, -0.15) is 10.2 Å². The summed E-state index contributed by atoms with van der Waals surface area (Å²) in [6.45, 7) is 8.34. The van der Waals surface area contributed by atoms with Crippen molar-refractivity contribution < 1.29 is 4.79 Å². The molecule has 140 valence electrons. The summed E-state index contributed by atoms with van der Waals surface area (Å²) >= 11 is 0. The van der Waals surface area contributed by atoms with E-state index in [0.29, 0.717) is 5.69 Å². The average Bonchev–Trinajstić information content (AvgIpc) is 2.61. The lowest BCUT2D eigenvalue weighted by Crippen LogP contribution is -2.34. The zero-order chi connectivity index (χ0) is 19.4. The van der Waals surface area contributed by atoms with Crippen molar-refractivity contribution in [3.05, 3.63) is 60.0 Å². The van der Waals surface area contributed by atoms with Crippen LogP contribution in [-0.2, 0) is 0 Å². The van der Waals surface area contributed by atoms with Gasteiger partial charge in [0.15, 0.2) is 0 Å². The van der Waals surface area contributed by atoms with E-state index in [0.717, 1.165) is 28.6 Å². The Morgan fingerprint density at radius 3 is 2.67 bits per heavy atom. The normalized spacial score (nSPS) is 12.6. The molecule has 1 atom stereocenters. The van der Waals surface area contributed by atoms with Crippen LogP contribution in [0.15, 0.2) is 48.8 Å². The maximum atomic E-state index is 12.7. The highest BCUT2D eigenvalue weighted by molar-refractivity contribution is 6.00. The number of carbonyl (C=O) groups is 1. The predicted octanol–water partition coefficient (Wildman–Crippen LogP) is 4.63. The fourth-order valence-electron chi connectivity index (χ4n) is 3.03. The van der Waals surface area contributed by atoms with Gasteiger partial charge in [0, 0.05) is 17.8 Å². The van der Waals surface area contributed by atoms with Gasteiger partial charge in [-0.05, 0) is 48.6 Å². The van der Waals surface area contributed by atoms with Gasteiger partial charge < -0.3 is 10.6 Å². The Hall–Kier alpha value is -3.02. The first-order chi connectivity index (χ1) is 12.8. The lowest BCUT2D eigenvalue weighted by molar-refractivity contribution is 0.241. The molecule has 2 heterocycles. The maximum Gasteiger partial charge on any atom is 0.319 e. The monoisotopic (exact) mass is 363 g/mol. The first-order valence-corrected chi connectivity index (χ1v) is 9.02. The van der Waals surface area contributed by atoms with Gasteiger partial charge in [0.05, 0.1) is 22.9 Å². The molecule has 1 aromatic carbocycles. The molecule has 3 aromatic rings. The smallest absolute Gasteiger partial charge is 0.319 e. The van der Waals surface area contributed by atoms with E-state index in [-0.39, 0.29) is 17.5 Å². The second-order valence-corrected chi connectivity index (χ2v) is 7.93. The fraction of sp³-hybridized carbons (Fsp3) is 0.333. The van der Waals surface area contributed by atoms with Crippen LogP contribution in [0.1, 0.15) is 44.5 Å². The number of hydrogen-bond donors (Lipinski definition) is 2. The zero-order valence-corrected chi connectivity index (χ0v) is 16.2. The van der Waals surface area contributed by atoms with Crippen LogP contribution < -0.4 is 10.6 Å². The molecule has 2 amide bonds. The van der Waals surface area contributed by atoms with E-state index >= 15 is 0 Å². The first-order valence-electron chi connectivity index (χ1n) is 9.02. The van der Waals surface area contributed by atoms with Crippen molar-refractivity contribution in [1.29, 1.82) is 0 Å².